The molecule has 0 saturated carbocycles. The Bertz CT molecular complexity index is 713. The monoisotopic (exact) mass is 303 g/mol. The van der Waals surface area contributed by atoms with Crippen molar-refractivity contribution >= 4 is 10.9 Å². The van der Waals surface area contributed by atoms with Gasteiger partial charge in [-0.2, -0.15) is 0 Å². The Morgan fingerprint density at radius 2 is 2.32 bits per heavy atom. The van der Waals surface area contributed by atoms with E-state index in [0.717, 1.165) is 19.7 Å². The number of likely N-dealkylation sites (N-methyl/N-ethyl adjacent to an activating group) is 1. The highest BCUT2D eigenvalue weighted by molar-refractivity contribution is 5.83. The summed E-state index contributed by atoms with van der Waals surface area (Å²) in [6, 6.07) is 5.45. The lowest BCUT2D eigenvalue weighted by atomic mass is 10.1. The van der Waals surface area contributed by atoms with Gasteiger partial charge in [0.15, 0.2) is 0 Å². The minimum atomic E-state index is -0.0608. The fourth-order valence-electron chi connectivity index (χ4n) is 2.91. The SMILES string of the molecule is COc1cccc2ncn(CC3COCCN(C)C3)c(=O)c12. The van der Waals surface area contributed by atoms with Crippen molar-refractivity contribution in [3.63, 3.8) is 0 Å². The first-order valence-corrected chi connectivity index (χ1v) is 7.47. The molecule has 0 aliphatic carbocycles. The van der Waals surface area contributed by atoms with Gasteiger partial charge in [-0.25, -0.2) is 4.98 Å². The Balaban J connectivity index is 1.94. The smallest absolute Gasteiger partial charge is 0.264 e. The van der Waals surface area contributed by atoms with Gasteiger partial charge in [-0.1, -0.05) is 6.07 Å². The molecule has 1 aliphatic rings. The van der Waals surface area contributed by atoms with Gasteiger partial charge in [0.2, 0.25) is 0 Å². The number of benzene rings is 1. The Labute approximate surface area is 129 Å². The molecule has 6 nitrogen and oxygen atoms in total. The summed E-state index contributed by atoms with van der Waals surface area (Å²) in [5, 5.41) is 0.537. The van der Waals surface area contributed by atoms with Gasteiger partial charge < -0.3 is 14.4 Å². The van der Waals surface area contributed by atoms with Gasteiger partial charge >= 0.3 is 0 Å². The van der Waals surface area contributed by atoms with Crippen molar-refractivity contribution < 1.29 is 9.47 Å². The minimum Gasteiger partial charge on any atom is -0.496 e. The Hall–Kier alpha value is -1.92. The summed E-state index contributed by atoms with van der Waals surface area (Å²) < 4.78 is 12.6. The zero-order chi connectivity index (χ0) is 15.5. The fourth-order valence-corrected chi connectivity index (χ4v) is 2.91. The second-order valence-electron chi connectivity index (χ2n) is 5.76. The molecule has 0 radical (unpaired) electrons. The quantitative estimate of drug-likeness (QED) is 0.846. The van der Waals surface area contributed by atoms with Crippen molar-refractivity contribution in [3.05, 3.63) is 34.9 Å². The van der Waals surface area contributed by atoms with Crippen LogP contribution in [0.15, 0.2) is 29.3 Å². The molecular formula is C16H21N3O3. The van der Waals surface area contributed by atoms with Crippen LogP contribution < -0.4 is 10.3 Å². The van der Waals surface area contributed by atoms with Gasteiger partial charge in [-0.3, -0.25) is 9.36 Å². The number of rotatable bonds is 3. The molecule has 1 aromatic carbocycles. The van der Waals surface area contributed by atoms with Crippen molar-refractivity contribution in [1.29, 1.82) is 0 Å². The van der Waals surface area contributed by atoms with E-state index in [-0.39, 0.29) is 11.5 Å². The van der Waals surface area contributed by atoms with E-state index in [9.17, 15) is 4.79 Å². The molecule has 1 unspecified atom stereocenters. The number of methoxy groups -OCH3 is 1. The molecule has 2 aromatic rings. The second kappa shape index (κ2) is 6.46. The molecule has 118 valence electrons. The summed E-state index contributed by atoms with van der Waals surface area (Å²) in [7, 11) is 3.64. The predicted octanol–water partition coefficient (Wildman–Crippen LogP) is 0.983. The first kappa shape index (κ1) is 15.0. The molecule has 0 spiro atoms. The van der Waals surface area contributed by atoms with Crippen molar-refractivity contribution in [3.8, 4) is 5.75 Å². The maximum Gasteiger partial charge on any atom is 0.264 e. The average Bonchev–Trinajstić information content (AvgIpc) is 2.73. The molecular weight excluding hydrogens is 282 g/mol. The van der Waals surface area contributed by atoms with Gasteiger partial charge in [0.05, 0.1) is 32.2 Å². The Morgan fingerprint density at radius 1 is 1.45 bits per heavy atom. The average molecular weight is 303 g/mol. The van der Waals surface area contributed by atoms with Crippen LogP contribution in [0.5, 0.6) is 5.75 Å². The van der Waals surface area contributed by atoms with E-state index >= 15 is 0 Å². The van der Waals surface area contributed by atoms with Gasteiger partial charge in [0.1, 0.15) is 11.1 Å². The van der Waals surface area contributed by atoms with E-state index in [1.807, 2.05) is 12.1 Å². The first-order chi connectivity index (χ1) is 10.7. The summed E-state index contributed by atoms with van der Waals surface area (Å²) in [6.07, 6.45) is 1.62. The zero-order valence-electron chi connectivity index (χ0n) is 13.0. The summed E-state index contributed by atoms with van der Waals surface area (Å²) >= 11 is 0. The number of fused-ring (bicyclic) bond motifs is 1. The molecule has 6 heteroatoms. The summed E-state index contributed by atoms with van der Waals surface area (Å²) in [5.74, 6) is 0.845. The lowest BCUT2D eigenvalue weighted by molar-refractivity contribution is 0.117. The fraction of sp³-hybridized carbons (Fsp3) is 0.500. The van der Waals surface area contributed by atoms with Crippen molar-refractivity contribution in [2.24, 2.45) is 5.92 Å². The normalized spacial score (nSPS) is 20.0. The number of ether oxygens (including phenoxy) is 2. The van der Waals surface area contributed by atoms with E-state index in [4.69, 9.17) is 9.47 Å². The maximum atomic E-state index is 12.7. The van der Waals surface area contributed by atoms with E-state index < -0.39 is 0 Å². The predicted molar refractivity (Wildman–Crippen MR) is 84.4 cm³/mol. The third-order valence-electron chi connectivity index (χ3n) is 4.03. The number of hydrogen-bond donors (Lipinski definition) is 0. The van der Waals surface area contributed by atoms with Crippen LogP contribution in [0, 0.1) is 5.92 Å². The highest BCUT2D eigenvalue weighted by Gasteiger charge is 2.18. The maximum absolute atomic E-state index is 12.7. The van der Waals surface area contributed by atoms with Crippen LogP contribution in [0.25, 0.3) is 10.9 Å². The molecule has 0 amide bonds. The van der Waals surface area contributed by atoms with Crippen LogP contribution in [0.3, 0.4) is 0 Å². The van der Waals surface area contributed by atoms with Gasteiger partial charge in [-0.05, 0) is 19.2 Å². The number of nitrogens with zero attached hydrogens (tertiary/aromatic N) is 3. The van der Waals surface area contributed by atoms with Gasteiger partial charge in [0, 0.05) is 25.6 Å². The van der Waals surface area contributed by atoms with Crippen LogP contribution in [0.1, 0.15) is 0 Å². The molecule has 0 bridgehead atoms. The number of hydrogen-bond acceptors (Lipinski definition) is 5. The van der Waals surface area contributed by atoms with E-state index in [2.05, 4.69) is 16.9 Å². The van der Waals surface area contributed by atoms with Crippen molar-refractivity contribution in [1.82, 2.24) is 14.5 Å². The highest BCUT2D eigenvalue weighted by atomic mass is 16.5. The molecule has 0 N–H and O–H groups in total. The second-order valence-corrected chi connectivity index (χ2v) is 5.76. The van der Waals surface area contributed by atoms with Crippen LogP contribution in [-0.4, -0.2) is 54.9 Å². The summed E-state index contributed by atoms with van der Waals surface area (Å²) in [5.41, 5.74) is 0.601. The molecule has 2 heterocycles. The van der Waals surface area contributed by atoms with Crippen LogP contribution >= 0.6 is 0 Å². The number of aromatic nitrogens is 2. The van der Waals surface area contributed by atoms with Crippen LogP contribution in [0.4, 0.5) is 0 Å². The molecule has 1 fully saturated rings. The van der Waals surface area contributed by atoms with Crippen LogP contribution in [-0.2, 0) is 11.3 Å². The third kappa shape index (κ3) is 2.98. The van der Waals surface area contributed by atoms with E-state index in [1.165, 1.54) is 0 Å². The zero-order valence-corrected chi connectivity index (χ0v) is 13.0. The van der Waals surface area contributed by atoms with Gasteiger partial charge in [0.25, 0.3) is 5.56 Å². The lowest BCUT2D eigenvalue weighted by Gasteiger charge is -2.19. The van der Waals surface area contributed by atoms with E-state index in [0.29, 0.717) is 29.8 Å². The van der Waals surface area contributed by atoms with Crippen LogP contribution in [0.2, 0.25) is 0 Å². The molecule has 1 aromatic heterocycles. The molecule has 1 aliphatic heterocycles. The van der Waals surface area contributed by atoms with Crippen molar-refractivity contribution in [2.45, 2.75) is 6.54 Å². The summed E-state index contributed by atoms with van der Waals surface area (Å²) in [4.78, 5) is 19.4. The Morgan fingerprint density at radius 3 is 3.14 bits per heavy atom. The molecule has 1 atom stereocenters. The first-order valence-electron chi connectivity index (χ1n) is 7.47. The topological polar surface area (TPSA) is 56.6 Å². The molecule has 3 rings (SSSR count). The largest absolute Gasteiger partial charge is 0.496 e. The molecule has 22 heavy (non-hydrogen) atoms. The molecule has 1 saturated heterocycles. The van der Waals surface area contributed by atoms with Gasteiger partial charge in [-0.15, -0.1) is 0 Å². The van der Waals surface area contributed by atoms with Crippen molar-refractivity contribution in [2.75, 3.05) is 40.5 Å². The third-order valence-corrected chi connectivity index (χ3v) is 4.03. The minimum absolute atomic E-state index is 0.0608. The highest BCUT2D eigenvalue weighted by Crippen LogP contribution is 2.20. The lowest BCUT2D eigenvalue weighted by Crippen LogP contribution is -2.32. The summed E-state index contributed by atoms with van der Waals surface area (Å²) in [6.45, 7) is 3.85. The Kier molecular flexibility index (Phi) is 4.40. The van der Waals surface area contributed by atoms with E-state index in [1.54, 1.807) is 24.1 Å². The standard InChI is InChI=1S/C16H21N3O3/c1-18-6-7-22-10-12(8-18)9-19-11-17-13-4-3-5-14(21-2)15(13)16(19)20/h3-5,11-12H,6-10H2,1-2H3.